The molecule has 21 heavy (non-hydrogen) atoms. The summed E-state index contributed by atoms with van der Waals surface area (Å²) in [6.45, 7) is 5.45. The van der Waals surface area contributed by atoms with Crippen molar-refractivity contribution in [3.63, 3.8) is 0 Å². The molecule has 2 unspecified atom stereocenters. The number of hydrogen-bond acceptors (Lipinski definition) is 6. The van der Waals surface area contributed by atoms with Crippen molar-refractivity contribution in [2.45, 2.75) is 44.7 Å². The molecule has 1 aromatic heterocycles. The van der Waals surface area contributed by atoms with Gasteiger partial charge in [0.1, 0.15) is 6.33 Å². The van der Waals surface area contributed by atoms with E-state index in [0.717, 1.165) is 30.4 Å². The fraction of sp³-hybridized carbons (Fsp3) is 0.733. The Morgan fingerprint density at radius 2 is 2.14 bits per heavy atom. The fourth-order valence-electron chi connectivity index (χ4n) is 3.47. The van der Waals surface area contributed by atoms with Gasteiger partial charge in [0.05, 0.1) is 7.11 Å². The summed E-state index contributed by atoms with van der Waals surface area (Å²) in [5.74, 6) is 2.31. The molecule has 2 fully saturated rings. The predicted octanol–water partition coefficient (Wildman–Crippen LogP) is 1.96. The van der Waals surface area contributed by atoms with Gasteiger partial charge in [-0.3, -0.25) is 4.90 Å². The van der Waals surface area contributed by atoms with Crippen LogP contribution in [0.4, 0.5) is 11.6 Å². The molecular weight excluding hydrogens is 266 g/mol. The molecule has 1 aromatic rings. The molecule has 3 rings (SSSR count). The molecule has 0 radical (unpaired) electrons. The maximum atomic E-state index is 5.53. The van der Waals surface area contributed by atoms with Gasteiger partial charge in [0.15, 0.2) is 11.6 Å². The Labute approximate surface area is 126 Å². The number of nitrogens with one attached hydrogen (secondary N) is 2. The van der Waals surface area contributed by atoms with E-state index in [1.807, 2.05) is 0 Å². The van der Waals surface area contributed by atoms with E-state index < -0.39 is 0 Å². The predicted molar refractivity (Wildman–Crippen MR) is 84.0 cm³/mol. The third-order valence-electron chi connectivity index (χ3n) is 4.48. The van der Waals surface area contributed by atoms with E-state index in [-0.39, 0.29) is 0 Å². The van der Waals surface area contributed by atoms with Gasteiger partial charge in [-0.25, -0.2) is 9.97 Å². The van der Waals surface area contributed by atoms with Crippen molar-refractivity contribution < 1.29 is 4.74 Å². The van der Waals surface area contributed by atoms with Crippen molar-refractivity contribution in [1.82, 2.24) is 14.9 Å². The zero-order valence-corrected chi connectivity index (χ0v) is 12.9. The third kappa shape index (κ3) is 2.90. The van der Waals surface area contributed by atoms with Crippen molar-refractivity contribution in [1.29, 1.82) is 0 Å². The Bertz CT molecular complexity index is 481. The number of ether oxygens (including phenoxy) is 1. The molecular formula is C15H25N5O. The van der Waals surface area contributed by atoms with Crippen LogP contribution in [-0.2, 0) is 0 Å². The smallest absolute Gasteiger partial charge is 0.204 e. The number of hydrogen-bond donors (Lipinski definition) is 2. The lowest BCUT2D eigenvalue weighted by Crippen LogP contribution is -2.34. The molecule has 0 spiro atoms. The Kier molecular flexibility index (Phi) is 4.43. The molecule has 0 bridgehead atoms. The van der Waals surface area contributed by atoms with Gasteiger partial charge in [0.25, 0.3) is 0 Å². The Balaban J connectivity index is 1.75. The first-order chi connectivity index (χ1) is 10.3. The molecule has 0 aliphatic carbocycles. The van der Waals surface area contributed by atoms with E-state index in [1.54, 1.807) is 13.4 Å². The second-order valence-electron chi connectivity index (χ2n) is 5.82. The van der Waals surface area contributed by atoms with Gasteiger partial charge in [0, 0.05) is 25.2 Å². The highest BCUT2D eigenvalue weighted by Gasteiger charge is 2.37. The van der Waals surface area contributed by atoms with Gasteiger partial charge in [-0.1, -0.05) is 6.92 Å². The van der Waals surface area contributed by atoms with E-state index >= 15 is 0 Å². The first-order valence-electron chi connectivity index (χ1n) is 7.97. The van der Waals surface area contributed by atoms with Gasteiger partial charge in [-0.2, -0.15) is 0 Å². The molecule has 6 heteroatoms. The molecule has 2 aliphatic rings. The maximum Gasteiger partial charge on any atom is 0.204 e. The van der Waals surface area contributed by atoms with Crippen LogP contribution in [0.2, 0.25) is 0 Å². The van der Waals surface area contributed by atoms with E-state index in [0.29, 0.717) is 12.1 Å². The summed E-state index contributed by atoms with van der Waals surface area (Å²) in [4.78, 5) is 11.3. The topological polar surface area (TPSA) is 62.3 Å². The average molecular weight is 291 g/mol. The summed E-state index contributed by atoms with van der Waals surface area (Å²) in [5, 5.41) is 6.89. The van der Waals surface area contributed by atoms with Crippen molar-refractivity contribution >= 4 is 11.6 Å². The van der Waals surface area contributed by atoms with Gasteiger partial charge < -0.3 is 15.4 Å². The summed E-state index contributed by atoms with van der Waals surface area (Å²) in [7, 11) is 1.68. The molecule has 0 amide bonds. The summed E-state index contributed by atoms with van der Waals surface area (Å²) < 4.78 is 5.53. The largest absolute Gasteiger partial charge is 0.490 e. The molecule has 3 heterocycles. The highest BCUT2D eigenvalue weighted by Crippen LogP contribution is 2.34. The minimum Gasteiger partial charge on any atom is -0.490 e. The van der Waals surface area contributed by atoms with Crippen LogP contribution in [-0.4, -0.2) is 53.7 Å². The van der Waals surface area contributed by atoms with Gasteiger partial charge in [0.2, 0.25) is 5.75 Å². The van der Waals surface area contributed by atoms with Gasteiger partial charge >= 0.3 is 0 Å². The third-order valence-corrected chi connectivity index (χ3v) is 4.48. The van der Waals surface area contributed by atoms with E-state index in [9.17, 15) is 0 Å². The van der Waals surface area contributed by atoms with E-state index in [2.05, 4.69) is 32.4 Å². The lowest BCUT2D eigenvalue weighted by Gasteiger charge is -2.23. The molecule has 2 atom stereocenters. The second-order valence-corrected chi connectivity index (χ2v) is 5.82. The molecule has 116 valence electrons. The summed E-state index contributed by atoms with van der Waals surface area (Å²) >= 11 is 0. The van der Waals surface area contributed by atoms with Crippen LogP contribution in [0.1, 0.15) is 32.6 Å². The number of aromatic nitrogens is 2. The quantitative estimate of drug-likeness (QED) is 0.835. The zero-order valence-electron chi connectivity index (χ0n) is 12.9. The van der Waals surface area contributed by atoms with Crippen molar-refractivity contribution in [2.24, 2.45) is 0 Å². The van der Waals surface area contributed by atoms with Crippen LogP contribution in [0, 0.1) is 0 Å². The number of fused-ring (bicyclic) bond motifs is 1. The van der Waals surface area contributed by atoms with E-state index in [1.165, 1.54) is 32.4 Å². The molecule has 2 N–H and O–H groups in total. The molecule has 0 saturated carbocycles. The van der Waals surface area contributed by atoms with Crippen LogP contribution in [0.3, 0.4) is 0 Å². The van der Waals surface area contributed by atoms with Crippen LogP contribution in [0.15, 0.2) is 6.33 Å². The van der Waals surface area contributed by atoms with Crippen LogP contribution >= 0.6 is 0 Å². The van der Waals surface area contributed by atoms with Crippen molar-refractivity contribution in [3.8, 4) is 5.75 Å². The highest BCUT2D eigenvalue weighted by atomic mass is 16.5. The Hall–Kier alpha value is -1.56. The molecule has 0 aromatic carbocycles. The number of anilines is 2. The highest BCUT2D eigenvalue weighted by molar-refractivity contribution is 5.64. The Morgan fingerprint density at radius 3 is 2.95 bits per heavy atom. The van der Waals surface area contributed by atoms with Crippen LogP contribution in [0.25, 0.3) is 0 Å². The first kappa shape index (κ1) is 14.4. The Morgan fingerprint density at radius 1 is 1.29 bits per heavy atom. The SMILES string of the molecule is CCCNc1ncnc(NC2CCN3CCCC23)c1OC. The molecule has 2 saturated heterocycles. The lowest BCUT2D eigenvalue weighted by atomic mass is 10.1. The zero-order chi connectivity index (χ0) is 14.7. The summed E-state index contributed by atoms with van der Waals surface area (Å²) in [6.07, 6.45) is 6.43. The van der Waals surface area contributed by atoms with Crippen LogP contribution in [0.5, 0.6) is 5.75 Å². The normalized spacial score (nSPS) is 24.9. The fourth-order valence-corrected chi connectivity index (χ4v) is 3.47. The van der Waals surface area contributed by atoms with Gasteiger partial charge in [-0.15, -0.1) is 0 Å². The molecule has 2 aliphatic heterocycles. The first-order valence-corrected chi connectivity index (χ1v) is 7.97. The maximum absolute atomic E-state index is 5.53. The van der Waals surface area contributed by atoms with Gasteiger partial charge in [-0.05, 0) is 32.2 Å². The second kappa shape index (κ2) is 6.47. The summed E-state index contributed by atoms with van der Waals surface area (Å²) in [6, 6.07) is 1.12. The number of nitrogens with zero attached hydrogens (tertiary/aromatic N) is 3. The molecule has 6 nitrogen and oxygen atoms in total. The minimum atomic E-state index is 0.468. The van der Waals surface area contributed by atoms with E-state index in [4.69, 9.17) is 4.74 Å². The van der Waals surface area contributed by atoms with Crippen LogP contribution < -0.4 is 15.4 Å². The van der Waals surface area contributed by atoms with Crippen molar-refractivity contribution in [3.05, 3.63) is 6.33 Å². The van der Waals surface area contributed by atoms with Crippen molar-refractivity contribution in [2.75, 3.05) is 37.4 Å². The standard InChI is InChI=1S/C15H25N5O/c1-3-7-16-14-13(21-2)15(18-10-17-14)19-11-6-9-20-8-4-5-12(11)20/h10-12H,3-9H2,1-2H3,(H2,16,17,18,19). The lowest BCUT2D eigenvalue weighted by molar-refractivity contribution is 0.318. The number of rotatable bonds is 6. The minimum absolute atomic E-state index is 0.468. The average Bonchev–Trinajstić information content (AvgIpc) is 3.10. The number of methoxy groups -OCH3 is 1. The monoisotopic (exact) mass is 291 g/mol. The summed E-state index contributed by atoms with van der Waals surface area (Å²) in [5.41, 5.74) is 0.